The predicted molar refractivity (Wildman–Crippen MR) is 96.7 cm³/mol. The van der Waals surface area contributed by atoms with E-state index in [4.69, 9.17) is 0 Å². The van der Waals surface area contributed by atoms with Crippen molar-refractivity contribution in [3.63, 3.8) is 0 Å². The SMILES string of the molecule is CCN(C(=O)[C@@H](C)[NH2+]C1C2CC3CC(C2)CC1C3)c1ccccc1. The number of carbonyl (C=O) groups is 1. The Morgan fingerprint density at radius 1 is 1.08 bits per heavy atom. The molecule has 0 aliphatic heterocycles. The molecule has 4 aliphatic carbocycles. The minimum atomic E-state index is 0.0210. The Balaban J connectivity index is 1.44. The van der Waals surface area contributed by atoms with Crippen LogP contribution in [0.3, 0.4) is 0 Å². The number of anilines is 1. The van der Waals surface area contributed by atoms with Crippen molar-refractivity contribution in [2.45, 2.75) is 58.0 Å². The van der Waals surface area contributed by atoms with Crippen LogP contribution in [-0.2, 0) is 4.79 Å². The van der Waals surface area contributed by atoms with E-state index in [1.165, 1.54) is 32.1 Å². The Labute approximate surface area is 145 Å². The van der Waals surface area contributed by atoms with E-state index in [2.05, 4.69) is 19.2 Å². The Morgan fingerprint density at radius 2 is 1.67 bits per heavy atom. The van der Waals surface area contributed by atoms with Crippen molar-refractivity contribution < 1.29 is 10.1 Å². The third-order valence-electron chi connectivity index (χ3n) is 6.85. The number of carbonyl (C=O) groups excluding carboxylic acids is 1. The van der Waals surface area contributed by atoms with Gasteiger partial charge in [-0.1, -0.05) is 18.2 Å². The fraction of sp³-hybridized carbons (Fsp3) is 0.667. The number of hydrogen-bond acceptors (Lipinski definition) is 1. The summed E-state index contributed by atoms with van der Waals surface area (Å²) in [5.41, 5.74) is 1.02. The number of quaternary nitrogens is 1. The molecular formula is C21H31N2O+. The monoisotopic (exact) mass is 327 g/mol. The van der Waals surface area contributed by atoms with Crippen molar-refractivity contribution in [2.24, 2.45) is 23.7 Å². The number of para-hydroxylation sites is 1. The van der Waals surface area contributed by atoms with Crippen LogP contribution in [-0.4, -0.2) is 24.5 Å². The van der Waals surface area contributed by atoms with Gasteiger partial charge in [0.2, 0.25) is 0 Å². The molecule has 3 heteroatoms. The maximum Gasteiger partial charge on any atom is 0.284 e. The standard InChI is InChI=1S/C21H30N2O/c1-3-23(19-7-5-4-6-8-19)21(24)14(2)22-20-17-10-15-9-16(12-17)13-18(20)11-15/h4-8,14-18,20,22H,3,9-13H2,1-2H3/p+1/t14-,15?,16?,17?,18?,20?/m1/s1. The summed E-state index contributed by atoms with van der Waals surface area (Å²) in [6.45, 7) is 4.92. The zero-order chi connectivity index (χ0) is 16.7. The topological polar surface area (TPSA) is 36.9 Å². The van der Waals surface area contributed by atoms with Gasteiger partial charge in [0.05, 0.1) is 6.04 Å². The average molecular weight is 327 g/mol. The highest BCUT2D eigenvalue weighted by molar-refractivity contribution is 5.95. The van der Waals surface area contributed by atoms with Gasteiger partial charge in [-0.15, -0.1) is 0 Å². The van der Waals surface area contributed by atoms with Crippen molar-refractivity contribution in [1.82, 2.24) is 0 Å². The first kappa shape index (κ1) is 16.1. The summed E-state index contributed by atoms with van der Waals surface area (Å²) in [6, 6.07) is 10.8. The second-order valence-corrected chi connectivity index (χ2v) is 8.41. The van der Waals surface area contributed by atoms with Crippen molar-refractivity contribution >= 4 is 11.6 Å². The summed E-state index contributed by atoms with van der Waals surface area (Å²) in [5, 5.41) is 2.43. The van der Waals surface area contributed by atoms with Gasteiger partial charge >= 0.3 is 0 Å². The number of likely N-dealkylation sites (N-methyl/N-ethyl adjacent to an activating group) is 1. The molecule has 4 aliphatic rings. The fourth-order valence-corrected chi connectivity index (χ4v) is 6.02. The molecule has 1 amide bonds. The maximum absolute atomic E-state index is 13.0. The van der Waals surface area contributed by atoms with Gasteiger partial charge < -0.3 is 10.2 Å². The predicted octanol–water partition coefficient (Wildman–Crippen LogP) is 2.82. The van der Waals surface area contributed by atoms with Gasteiger partial charge in [0.1, 0.15) is 0 Å². The van der Waals surface area contributed by atoms with Gasteiger partial charge in [0, 0.05) is 24.1 Å². The molecule has 0 heterocycles. The third kappa shape index (κ3) is 2.88. The highest BCUT2D eigenvalue weighted by Gasteiger charge is 2.51. The lowest BCUT2D eigenvalue weighted by molar-refractivity contribution is -0.725. The van der Waals surface area contributed by atoms with Gasteiger partial charge in [-0.3, -0.25) is 4.79 Å². The van der Waals surface area contributed by atoms with E-state index >= 15 is 0 Å². The molecule has 130 valence electrons. The fourth-order valence-electron chi connectivity index (χ4n) is 6.02. The van der Waals surface area contributed by atoms with Crippen molar-refractivity contribution in [1.29, 1.82) is 0 Å². The number of nitrogens with zero attached hydrogens (tertiary/aromatic N) is 1. The molecule has 24 heavy (non-hydrogen) atoms. The van der Waals surface area contributed by atoms with Crippen LogP contribution in [0.4, 0.5) is 5.69 Å². The van der Waals surface area contributed by atoms with Crippen molar-refractivity contribution in [3.05, 3.63) is 30.3 Å². The van der Waals surface area contributed by atoms with Crippen molar-refractivity contribution in [3.8, 4) is 0 Å². The molecule has 0 radical (unpaired) electrons. The average Bonchev–Trinajstić information content (AvgIpc) is 2.59. The van der Waals surface area contributed by atoms with Crippen LogP contribution in [0.25, 0.3) is 0 Å². The summed E-state index contributed by atoms with van der Waals surface area (Å²) >= 11 is 0. The molecule has 0 aromatic heterocycles. The van der Waals surface area contributed by atoms with Crippen LogP contribution < -0.4 is 10.2 Å². The molecule has 3 nitrogen and oxygen atoms in total. The van der Waals surface area contributed by atoms with Gasteiger partial charge in [-0.05, 0) is 69.9 Å². The Morgan fingerprint density at radius 3 is 2.21 bits per heavy atom. The molecular weight excluding hydrogens is 296 g/mol. The van der Waals surface area contributed by atoms with E-state index in [1.807, 2.05) is 35.2 Å². The Kier molecular flexibility index (Phi) is 4.38. The normalized spacial score (nSPS) is 35.0. The van der Waals surface area contributed by atoms with Crippen LogP contribution in [0.2, 0.25) is 0 Å². The van der Waals surface area contributed by atoms with E-state index in [9.17, 15) is 4.79 Å². The number of hydrogen-bond donors (Lipinski definition) is 1. The number of amides is 1. The lowest BCUT2D eigenvalue weighted by Gasteiger charge is -2.53. The van der Waals surface area contributed by atoms with E-state index in [0.29, 0.717) is 6.04 Å². The zero-order valence-electron chi connectivity index (χ0n) is 15.0. The molecule has 2 N–H and O–H groups in total. The highest BCUT2D eigenvalue weighted by Crippen LogP contribution is 2.52. The van der Waals surface area contributed by atoms with E-state index < -0.39 is 0 Å². The van der Waals surface area contributed by atoms with Gasteiger partial charge in [-0.2, -0.15) is 0 Å². The van der Waals surface area contributed by atoms with Crippen LogP contribution in [0.15, 0.2) is 30.3 Å². The quantitative estimate of drug-likeness (QED) is 0.887. The molecule has 0 unspecified atom stereocenters. The van der Waals surface area contributed by atoms with Gasteiger partial charge in [0.15, 0.2) is 6.04 Å². The second kappa shape index (κ2) is 6.51. The first-order chi connectivity index (χ1) is 11.7. The lowest BCUT2D eigenvalue weighted by Crippen LogP contribution is -3.00. The van der Waals surface area contributed by atoms with E-state index in [1.54, 1.807) is 0 Å². The summed E-state index contributed by atoms with van der Waals surface area (Å²) < 4.78 is 0. The Bertz CT molecular complexity index is 557. The first-order valence-corrected chi connectivity index (χ1v) is 9.87. The molecule has 1 atom stereocenters. The highest BCUT2D eigenvalue weighted by atomic mass is 16.2. The van der Waals surface area contributed by atoms with Crippen LogP contribution in [0.5, 0.6) is 0 Å². The second-order valence-electron chi connectivity index (χ2n) is 8.41. The zero-order valence-corrected chi connectivity index (χ0v) is 15.0. The van der Waals surface area contributed by atoms with Gasteiger partial charge in [0.25, 0.3) is 5.91 Å². The smallest absolute Gasteiger partial charge is 0.284 e. The summed E-state index contributed by atoms with van der Waals surface area (Å²) in [4.78, 5) is 15.0. The molecule has 1 aromatic carbocycles. The Hall–Kier alpha value is -1.35. The molecule has 4 fully saturated rings. The van der Waals surface area contributed by atoms with Gasteiger partial charge in [-0.25, -0.2) is 0 Å². The minimum Gasteiger partial charge on any atom is -0.333 e. The lowest BCUT2D eigenvalue weighted by atomic mass is 9.54. The molecule has 1 aromatic rings. The summed E-state index contributed by atoms with van der Waals surface area (Å²) in [5.74, 6) is 3.99. The first-order valence-electron chi connectivity index (χ1n) is 9.87. The number of rotatable bonds is 5. The summed E-state index contributed by atoms with van der Waals surface area (Å²) in [7, 11) is 0. The molecule has 0 spiro atoms. The third-order valence-corrected chi connectivity index (χ3v) is 6.85. The van der Waals surface area contributed by atoms with Crippen molar-refractivity contribution in [2.75, 3.05) is 11.4 Å². The maximum atomic E-state index is 13.0. The largest absolute Gasteiger partial charge is 0.333 e. The van der Waals surface area contributed by atoms with Crippen LogP contribution >= 0.6 is 0 Å². The minimum absolute atomic E-state index is 0.0210. The van der Waals surface area contributed by atoms with Crippen LogP contribution in [0.1, 0.15) is 46.0 Å². The van der Waals surface area contributed by atoms with Crippen LogP contribution in [0, 0.1) is 23.7 Å². The molecule has 0 saturated heterocycles. The van der Waals surface area contributed by atoms with E-state index in [-0.39, 0.29) is 11.9 Å². The molecule has 5 rings (SSSR count). The number of benzene rings is 1. The van der Waals surface area contributed by atoms with E-state index in [0.717, 1.165) is 35.9 Å². The molecule has 4 saturated carbocycles. The molecule has 4 bridgehead atoms. The summed E-state index contributed by atoms with van der Waals surface area (Å²) in [6.07, 6.45) is 7.18. The number of nitrogens with two attached hydrogens (primary N) is 1.